The Kier molecular flexibility index (Phi) is 3.05. The van der Waals surface area contributed by atoms with Crippen LogP contribution in [-0.4, -0.2) is 22.4 Å². The third-order valence-corrected chi connectivity index (χ3v) is 7.45. The standard InChI is InChI=1S/C18H28O2/c1-18-9-8-14-13-5-3-12(19)10-11(13)2-4-15(14)16(18)6-7-17(18)20/h3,5,11-17,19-20H,2,4,6-10H2,1H3/t11-,12+,13?,14+,15+,16-,17-,18-/m0/s1. The number of hydrogen-bond donors (Lipinski definition) is 2. The van der Waals surface area contributed by atoms with E-state index in [1.54, 1.807) is 0 Å². The number of aliphatic hydroxyl groups is 2. The molecule has 4 rings (SSSR count). The molecule has 2 N–H and O–H groups in total. The summed E-state index contributed by atoms with van der Waals surface area (Å²) >= 11 is 0. The zero-order chi connectivity index (χ0) is 13.9. The average molecular weight is 276 g/mol. The molecule has 0 aromatic heterocycles. The fourth-order valence-electron chi connectivity index (χ4n) is 6.35. The highest BCUT2D eigenvalue weighted by Gasteiger charge is 2.56. The van der Waals surface area contributed by atoms with Gasteiger partial charge in [0.2, 0.25) is 0 Å². The summed E-state index contributed by atoms with van der Waals surface area (Å²) in [5.41, 5.74) is 0.200. The van der Waals surface area contributed by atoms with Crippen molar-refractivity contribution in [2.24, 2.45) is 35.0 Å². The van der Waals surface area contributed by atoms with E-state index in [2.05, 4.69) is 13.0 Å². The SMILES string of the molecule is C[C@]12CC[C@@H]3C4C=C[C@@H](O)C[C@@H]4CC[C@H]3[C@@H]1CC[C@@H]2O. The second-order valence-electron chi connectivity index (χ2n) is 8.17. The molecule has 4 aliphatic rings. The lowest BCUT2D eigenvalue weighted by Gasteiger charge is -2.54. The molecule has 0 heterocycles. The fourth-order valence-corrected chi connectivity index (χ4v) is 6.35. The van der Waals surface area contributed by atoms with E-state index >= 15 is 0 Å². The summed E-state index contributed by atoms with van der Waals surface area (Å²) in [5, 5.41) is 20.2. The molecular formula is C18H28O2. The van der Waals surface area contributed by atoms with Gasteiger partial charge in [0.25, 0.3) is 0 Å². The molecular weight excluding hydrogens is 248 g/mol. The van der Waals surface area contributed by atoms with Gasteiger partial charge in [0.15, 0.2) is 0 Å². The predicted octanol–water partition coefficient (Wildman–Crippen LogP) is 3.14. The molecule has 20 heavy (non-hydrogen) atoms. The average Bonchev–Trinajstić information content (AvgIpc) is 2.74. The lowest BCUT2D eigenvalue weighted by molar-refractivity contribution is -0.0703. The zero-order valence-corrected chi connectivity index (χ0v) is 12.5. The number of aliphatic hydroxyl groups excluding tert-OH is 2. The van der Waals surface area contributed by atoms with Crippen LogP contribution in [0.1, 0.15) is 51.9 Å². The Hall–Kier alpha value is -0.340. The maximum atomic E-state index is 10.4. The monoisotopic (exact) mass is 276 g/mol. The molecule has 0 aromatic rings. The summed E-state index contributed by atoms with van der Waals surface area (Å²) in [7, 11) is 0. The fraction of sp³-hybridized carbons (Fsp3) is 0.889. The van der Waals surface area contributed by atoms with Gasteiger partial charge in [-0.3, -0.25) is 0 Å². The lowest BCUT2D eigenvalue weighted by Crippen LogP contribution is -2.48. The van der Waals surface area contributed by atoms with Crippen LogP contribution < -0.4 is 0 Å². The van der Waals surface area contributed by atoms with Crippen LogP contribution in [-0.2, 0) is 0 Å². The smallest absolute Gasteiger partial charge is 0.0723 e. The van der Waals surface area contributed by atoms with Gasteiger partial charge in [-0.05, 0) is 80.0 Å². The molecule has 0 saturated heterocycles. The van der Waals surface area contributed by atoms with Crippen molar-refractivity contribution in [3.05, 3.63) is 12.2 Å². The molecule has 0 amide bonds. The molecule has 0 spiro atoms. The maximum Gasteiger partial charge on any atom is 0.0723 e. The van der Waals surface area contributed by atoms with E-state index in [9.17, 15) is 10.2 Å². The molecule has 2 heteroatoms. The van der Waals surface area contributed by atoms with Crippen LogP contribution in [0.4, 0.5) is 0 Å². The number of hydrogen-bond acceptors (Lipinski definition) is 2. The second kappa shape index (κ2) is 4.58. The Morgan fingerprint density at radius 3 is 2.65 bits per heavy atom. The summed E-state index contributed by atoms with van der Waals surface area (Å²) < 4.78 is 0. The highest BCUT2D eigenvalue weighted by molar-refractivity contribution is 5.11. The van der Waals surface area contributed by atoms with Crippen LogP contribution in [0.25, 0.3) is 0 Å². The van der Waals surface area contributed by atoms with Gasteiger partial charge in [0.1, 0.15) is 0 Å². The summed E-state index contributed by atoms with van der Waals surface area (Å²) in [6, 6.07) is 0. The highest BCUT2D eigenvalue weighted by atomic mass is 16.3. The van der Waals surface area contributed by atoms with Crippen LogP contribution in [0.2, 0.25) is 0 Å². The minimum absolute atomic E-state index is 0.0603. The van der Waals surface area contributed by atoms with E-state index < -0.39 is 0 Å². The van der Waals surface area contributed by atoms with Crippen LogP contribution in [0, 0.1) is 35.0 Å². The topological polar surface area (TPSA) is 40.5 Å². The van der Waals surface area contributed by atoms with Gasteiger partial charge in [0.05, 0.1) is 12.2 Å². The van der Waals surface area contributed by atoms with Gasteiger partial charge in [-0.1, -0.05) is 19.1 Å². The molecule has 0 bridgehead atoms. The van der Waals surface area contributed by atoms with Crippen molar-refractivity contribution in [1.82, 2.24) is 0 Å². The molecule has 112 valence electrons. The van der Waals surface area contributed by atoms with E-state index in [0.717, 1.165) is 30.6 Å². The molecule has 4 aliphatic carbocycles. The van der Waals surface area contributed by atoms with Gasteiger partial charge in [-0.2, -0.15) is 0 Å². The van der Waals surface area contributed by atoms with Crippen molar-refractivity contribution >= 4 is 0 Å². The Balaban J connectivity index is 1.61. The summed E-state index contributed by atoms with van der Waals surface area (Å²) in [5.74, 6) is 3.82. The Morgan fingerprint density at radius 2 is 1.80 bits per heavy atom. The molecule has 0 radical (unpaired) electrons. The quantitative estimate of drug-likeness (QED) is 0.667. The van der Waals surface area contributed by atoms with E-state index in [1.807, 2.05) is 6.08 Å². The zero-order valence-electron chi connectivity index (χ0n) is 12.5. The number of allylic oxidation sites excluding steroid dienone is 1. The van der Waals surface area contributed by atoms with Crippen molar-refractivity contribution in [3.8, 4) is 0 Å². The minimum Gasteiger partial charge on any atom is -0.393 e. The lowest BCUT2D eigenvalue weighted by atomic mass is 9.51. The molecule has 8 atom stereocenters. The predicted molar refractivity (Wildman–Crippen MR) is 79.0 cm³/mol. The molecule has 1 unspecified atom stereocenters. The van der Waals surface area contributed by atoms with Crippen molar-refractivity contribution in [1.29, 1.82) is 0 Å². The van der Waals surface area contributed by atoms with Gasteiger partial charge >= 0.3 is 0 Å². The molecule has 3 saturated carbocycles. The van der Waals surface area contributed by atoms with Crippen LogP contribution in [0.5, 0.6) is 0 Å². The first-order valence-corrected chi connectivity index (χ1v) is 8.64. The van der Waals surface area contributed by atoms with Gasteiger partial charge in [-0.15, -0.1) is 0 Å². The highest BCUT2D eigenvalue weighted by Crippen LogP contribution is 2.61. The first-order valence-electron chi connectivity index (χ1n) is 8.64. The van der Waals surface area contributed by atoms with Gasteiger partial charge in [-0.25, -0.2) is 0 Å². The van der Waals surface area contributed by atoms with E-state index in [-0.39, 0.29) is 17.6 Å². The Morgan fingerprint density at radius 1 is 0.950 bits per heavy atom. The Labute approximate surface area is 122 Å². The molecule has 3 fully saturated rings. The summed E-state index contributed by atoms with van der Waals surface area (Å²) in [4.78, 5) is 0. The van der Waals surface area contributed by atoms with Crippen molar-refractivity contribution in [2.45, 2.75) is 64.1 Å². The number of rotatable bonds is 0. The van der Waals surface area contributed by atoms with Crippen LogP contribution >= 0.6 is 0 Å². The van der Waals surface area contributed by atoms with E-state index in [1.165, 1.54) is 32.1 Å². The van der Waals surface area contributed by atoms with Crippen molar-refractivity contribution < 1.29 is 10.2 Å². The van der Waals surface area contributed by atoms with Crippen LogP contribution in [0.15, 0.2) is 12.2 Å². The summed E-state index contributed by atoms with van der Waals surface area (Å²) in [6.45, 7) is 2.35. The number of fused-ring (bicyclic) bond motifs is 5. The third-order valence-electron chi connectivity index (χ3n) is 7.45. The van der Waals surface area contributed by atoms with Gasteiger partial charge < -0.3 is 10.2 Å². The molecule has 0 aliphatic heterocycles. The largest absolute Gasteiger partial charge is 0.393 e. The molecule has 2 nitrogen and oxygen atoms in total. The van der Waals surface area contributed by atoms with Crippen molar-refractivity contribution in [3.63, 3.8) is 0 Å². The Bertz CT molecular complexity index is 418. The normalized spacial score (nSPS) is 57.9. The second-order valence-corrected chi connectivity index (χ2v) is 8.17. The first kappa shape index (κ1) is 13.3. The molecule has 0 aromatic carbocycles. The minimum atomic E-state index is -0.199. The van der Waals surface area contributed by atoms with Crippen molar-refractivity contribution in [2.75, 3.05) is 0 Å². The third kappa shape index (κ3) is 1.77. The van der Waals surface area contributed by atoms with Crippen LogP contribution in [0.3, 0.4) is 0 Å². The van der Waals surface area contributed by atoms with E-state index in [4.69, 9.17) is 0 Å². The van der Waals surface area contributed by atoms with Gasteiger partial charge in [0, 0.05) is 0 Å². The first-order chi connectivity index (χ1) is 9.59. The summed E-state index contributed by atoms with van der Waals surface area (Å²) in [6.07, 6.45) is 12.5. The van der Waals surface area contributed by atoms with E-state index in [0.29, 0.717) is 11.8 Å². The maximum absolute atomic E-state index is 10.4.